The Morgan fingerprint density at radius 2 is 0.545 bits per heavy atom. The molecule has 0 fully saturated rings. The first-order valence-corrected chi connectivity index (χ1v) is 29.8. The molecule has 0 heterocycles. The minimum Gasteiger partial charge on any atom is -0.508 e. The van der Waals surface area contributed by atoms with Gasteiger partial charge in [0.25, 0.3) is 0 Å². The molecule has 2 N–H and O–H groups in total. The van der Waals surface area contributed by atoms with Crippen molar-refractivity contribution in [3.05, 3.63) is 206 Å². The lowest BCUT2D eigenvalue weighted by Gasteiger charge is -2.27. The van der Waals surface area contributed by atoms with Crippen LogP contribution in [0.25, 0.3) is 54.6 Å². The van der Waals surface area contributed by atoms with Gasteiger partial charge in [-0.15, -0.1) is 0 Å². The summed E-state index contributed by atoms with van der Waals surface area (Å²) in [6.07, 6.45) is 0. The predicted octanol–water partition coefficient (Wildman–Crippen LogP) is 15.9. The van der Waals surface area contributed by atoms with Gasteiger partial charge >= 0.3 is 0 Å². The molecule has 0 aliphatic carbocycles. The van der Waals surface area contributed by atoms with Crippen molar-refractivity contribution in [1.29, 1.82) is 0 Å². The van der Waals surface area contributed by atoms with Crippen molar-refractivity contribution in [3.63, 3.8) is 0 Å². The lowest BCUT2D eigenvalue weighted by atomic mass is 9.87. The van der Waals surface area contributed by atoms with Crippen LogP contribution < -0.4 is 20.2 Å². The van der Waals surface area contributed by atoms with Crippen LogP contribution in [-0.4, -0.2) is 26.4 Å². The maximum Gasteiger partial charge on any atom is 0.115 e. The molecule has 0 amide bonds. The van der Waals surface area contributed by atoms with Crippen LogP contribution in [0.1, 0.15) is 0 Å². The van der Waals surface area contributed by atoms with E-state index in [-0.39, 0.29) is 11.5 Å². The summed E-state index contributed by atoms with van der Waals surface area (Å²) >= 11 is 0. The number of fused-ring (bicyclic) bond motifs is 5. The second kappa shape index (κ2) is 16.9. The molecule has 0 atom stereocenters. The molecule has 6 heteroatoms. The highest BCUT2D eigenvalue weighted by atomic mass is 28.3. The van der Waals surface area contributed by atoms with E-state index in [1.807, 2.05) is 24.3 Å². The summed E-state index contributed by atoms with van der Waals surface area (Å²) in [7, 11) is -2.95. The summed E-state index contributed by atoms with van der Waals surface area (Å²) < 4.78 is 0. The third kappa shape index (κ3) is 8.15. The average Bonchev–Trinajstić information content (AvgIpc) is 3.33. The highest BCUT2D eigenvalue weighted by Crippen LogP contribution is 2.44. The normalized spacial score (nSPS) is 11.9. The van der Waals surface area contributed by atoms with Gasteiger partial charge in [-0.3, -0.25) is 0 Å². The minimum atomic E-state index is -1.48. The molecule has 0 radical (unpaired) electrons. The number of phenolic OH excluding ortho intramolecular Hbond substituents is 2. The number of hydrogen-bond acceptors (Lipinski definition) is 4. The topological polar surface area (TPSA) is 46.9 Å². The van der Waals surface area contributed by atoms with E-state index in [0.29, 0.717) is 0 Å². The third-order valence-corrected chi connectivity index (χ3v) is 17.1. The second-order valence-corrected chi connectivity index (χ2v) is 29.6. The lowest BCUT2D eigenvalue weighted by molar-refractivity contribution is 0.475. The average molecular weight is 891 g/mol. The molecule has 0 bridgehead atoms. The van der Waals surface area contributed by atoms with E-state index in [9.17, 15) is 10.2 Å². The van der Waals surface area contributed by atoms with E-state index >= 15 is 0 Å². The Kier molecular flexibility index (Phi) is 10.9. The van der Waals surface area contributed by atoms with Gasteiger partial charge in [0.2, 0.25) is 0 Å². The van der Waals surface area contributed by atoms with Gasteiger partial charge in [0.15, 0.2) is 0 Å². The molecule has 4 nitrogen and oxygen atoms in total. The molecule has 0 unspecified atom stereocenters. The monoisotopic (exact) mass is 890 g/mol. The quantitative estimate of drug-likeness (QED) is 0.106. The largest absolute Gasteiger partial charge is 0.508 e. The SMILES string of the molecule is C[Si](C)(C)c1ccc(N(c2ccc(O)cc2)c2ccc(-c3cc4c5ccccc5c(-c5ccc(N(c6ccc(O)cc6)c6ccc([Si](C)(C)C)cc6)cc5)cc4c4ccccc34)cc2)cc1. The number of aromatic hydroxyl groups is 2. The molecule has 10 rings (SSSR count). The molecule has 0 spiro atoms. The van der Waals surface area contributed by atoms with E-state index in [2.05, 4.69) is 207 Å². The van der Waals surface area contributed by atoms with Crippen LogP contribution in [0.15, 0.2) is 206 Å². The zero-order valence-corrected chi connectivity index (χ0v) is 40.4. The Morgan fingerprint density at radius 3 is 0.833 bits per heavy atom. The molecule has 0 saturated heterocycles. The molecule has 324 valence electrons. The van der Waals surface area contributed by atoms with E-state index in [1.54, 1.807) is 24.3 Å². The molecular weight excluding hydrogens is 837 g/mol. The molecule has 10 aromatic carbocycles. The third-order valence-electron chi connectivity index (χ3n) is 13.0. The lowest BCUT2D eigenvalue weighted by Crippen LogP contribution is -2.37. The van der Waals surface area contributed by atoms with Gasteiger partial charge in [-0.2, -0.15) is 0 Å². The summed E-state index contributed by atoms with van der Waals surface area (Å²) in [4.78, 5) is 4.52. The standard InChI is InChI=1S/C60H54N2O2Si2/c1-65(2,3)51-35-27-47(28-36-51)61(45-23-31-49(63)32-24-45)43-19-15-41(16-20-43)57-39-59-56-14-10-8-12-54(56)58(40-60(59)55-13-9-7-11-53(55)57)42-17-21-44(22-18-42)62(46-25-33-50(64)34-26-46)48-29-37-52(38-30-48)66(4,5)6/h7-40,63-64H,1-6H3. The van der Waals surface area contributed by atoms with Crippen molar-refractivity contribution in [3.8, 4) is 33.8 Å². The fourth-order valence-corrected chi connectivity index (χ4v) is 11.7. The Hall–Kier alpha value is -7.39. The van der Waals surface area contributed by atoms with Crippen molar-refractivity contribution in [2.75, 3.05) is 9.80 Å². The van der Waals surface area contributed by atoms with Crippen LogP contribution in [0.5, 0.6) is 11.5 Å². The van der Waals surface area contributed by atoms with E-state index in [4.69, 9.17) is 0 Å². The molecular formula is C60H54N2O2Si2. The van der Waals surface area contributed by atoms with Crippen LogP contribution in [-0.2, 0) is 0 Å². The smallest absolute Gasteiger partial charge is 0.115 e. The highest BCUT2D eigenvalue weighted by molar-refractivity contribution is 6.89. The van der Waals surface area contributed by atoms with Crippen LogP contribution in [0.3, 0.4) is 0 Å². The van der Waals surface area contributed by atoms with Crippen molar-refractivity contribution >= 4 is 93.0 Å². The molecule has 66 heavy (non-hydrogen) atoms. The Bertz CT molecular complexity index is 3130. The van der Waals surface area contributed by atoms with Gasteiger partial charge in [0.1, 0.15) is 11.5 Å². The van der Waals surface area contributed by atoms with Gasteiger partial charge < -0.3 is 20.0 Å². The number of anilines is 6. The van der Waals surface area contributed by atoms with Gasteiger partial charge in [-0.05, 0) is 164 Å². The first kappa shape index (κ1) is 42.6. The fraction of sp³-hybridized carbons (Fsp3) is 0.100. The van der Waals surface area contributed by atoms with E-state index < -0.39 is 16.1 Å². The zero-order valence-electron chi connectivity index (χ0n) is 38.4. The summed E-state index contributed by atoms with van der Waals surface area (Å²) in [5, 5.41) is 30.5. The zero-order chi connectivity index (χ0) is 45.7. The summed E-state index contributed by atoms with van der Waals surface area (Å²) in [6, 6.07) is 73.1. The van der Waals surface area contributed by atoms with Crippen LogP contribution in [0.2, 0.25) is 39.3 Å². The molecule has 0 aromatic heterocycles. The first-order valence-electron chi connectivity index (χ1n) is 22.8. The summed E-state index contributed by atoms with van der Waals surface area (Å²) in [5.74, 6) is 0.494. The number of hydrogen-bond donors (Lipinski definition) is 2. The van der Waals surface area contributed by atoms with Gasteiger partial charge in [-0.1, -0.05) is 147 Å². The van der Waals surface area contributed by atoms with E-state index in [0.717, 1.165) is 45.3 Å². The Labute approximate surface area is 390 Å². The Balaban J connectivity index is 1.05. The predicted molar refractivity (Wildman–Crippen MR) is 288 cm³/mol. The van der Waals surface area contributed by atoms with Gasteiger partial charge in [-0.25, -0.2) is 0 Å². The maximum atomic E-state index is 10.2. The molecule has 0 saturated carbocycles. The first-order chi connectivity index (χ1) is 31.8. The van der Waals surface area contributed by atoms with Crippen molar-refractivity contribution < 1.29 is 10.2 Å². The molecule has 0 aliphatic heterocycles. The van der Waals surface area contributed by atoms with Crippen molar-refractivity contribution in [2.45, 2.75) is 39.3 Å². The van der Waals surface area contributed by atoms with Gasteiger partial charge in [0.05, 0.1) is 16.1 Å². The van der Waals surface area contributed by atoms with Crippen LogP contribution in [0.4, 0.5) is 34.1 Å². The van der Waals surface area contributed by atoms with Crippen molar-refractivity contribution in [1.82, 2.24) is 0 Å². The van der Waals surface area contributed by atoms with Crippen LogP contribution >= 0.6 is 0 Å². The van der Waals surface area contributed by atoms with E-state index in [1.165, 1.54) is 53.8 Å². The van der Waals surface area contributed by atoms with Crippen molar-refractivity contribution in [2.24, 2.45) is 0 Å². The molecule has 0 aliphatic rings. The van der Waals surface area contributed by atoms with Gasteiger partial charge in [0, 0.05) is 34.1 Å². The minimum absolute atomic E-state index is 0.247. The number of benzene rings is 10. The fourth-order valence-electron chi connectivity index (χ4n) is 9.33. The maximum absolute atomic E-state index is 10.2. The molecule has 10 aromatic rings. The van der Waals surface area contributed by atoms with Crippen LogP contribution in [0, 0.1) is 0 Å². The summed E-state index contributed by atoms with van der Waals surface area (Å²) in [5.41, 5.74) is 10.9. The second-order valence-electron chi connectivity index (χ2n) is 19.4. The highest BCUT2D eigenvalue weighted by Gasteiger charge is 2.21. The number of nitrogens with zero attached hydrogens (tertiary/aromatic N) is 2. The summed E-state index contributed by atoms with van der Waals surface area (Å²) in [6.45, 7) is 14.2. The number of phenols is 2. The number of rotatable bonds is 10. The Morgan fingerprint density at radius 1 is 0.288 bits per heavy atom.